The summed E-state index contributed by atoms with van der Waals surface area (Å²) in [5, 5.41) is 18.4. The molecule has 3 aromatic rings. The third kappa shape index (κ3) is 6.01. The van der Waals surface area contributed by atoms with E-state index in [0.717, 1.165) is 34.6 Å². The molecule has 1 saturated carbocycles. The van der Waals surface area contributed by atoms with E-state index in [1.807, 2.05) is 13.1 Å². The van der Waals surface area contributed by atoms with Crippen molar-refractivity contribution in [2.45, 2.75) is 61.0 Å². The minimum Gasteiger partial charge on any atom is -0.388 e. The number of rotatable bonds is 10. The van der Waals surface area contributed by atoms with Crippen LogP contribution in [-0.4, -0.2) is 57.8 Å². The van der Waals surface area contributed by atoms with Crippen LogP contribution >= 0.6 is 11.8 Å². The van der Waals surface area contributed by atoms with Crippen LogP contribution in [0.25, 0.3) is 0 Å². The number of aromatic amines is 1. The molecule has 1 unspecified atom stereocenters. The van der Waals surface area contributed by atoms with Crippen molar-refractivity contribution in [3.05, 3.63) is 42.1 Å². The summed E-state index contributed by atoms with van der Waals surface area (Å²) in [5.41, 5.74) is 2.28. The molecule has 1 aromatic carbocycles. The number of piperidine rings is 1. The molecule has 2 aromatic heterocycles. The lowest BCUT2D eigenvalue weighted by Crippen LogP contribution is -2.41. The van der Waals surface area contributed by atoms with Crippen molar-refractivity contribution in [2.75, 3.05) is 42.6 Å². The fourth-order valence-electron chi connectivity index (χ4n) is 4.30. The van der Waals surface area contributed by atoms with Crippen molar-refractivity contribution >= 4 is 34.9 Å². The molecule has 5 rings (SSSR count). The predicted octanol–water partition coefficient (Wildman–Crippen LogP) is 5.30. The highest BCUT2D eigenvalue weighted by atomic mass is 32.2. The molecule has 0 spiro atoms. The molecule has 3 heterocycles. The molecule has 4 N–H and O–H groups in total. The van der Waals surface area contributed by atoms with Crippen molar-refractivity contribution in [3.63, 3.8) is 0 Å². The van der Waals surface area contributed by atoms with Gasteiger partial charge in [-0.3, -0.25) is 10.00 Å². The normalized spacial score (nSPS) is 17.4. The first-order valence-corrected chi connectivity index (χ1v) is 13.1. The molecule has 0 bridgehead atoms. The van der Waals surface area contributed by atoms with Gasteiger partial charge in [-0.25, -0.2) is 9.97 Å². The molecule has 0 amide bonds. The van der Waals surface area contributed by atoms with Gasteiger partial charge < -0.3 is 16.0 Å². The van der Waals surface area contributed by atoms with E-state index in [2.05, 4.69) is 68.3 Å². The van der Waals surface area contributed by atoms with E-state index in [9.17, 15) is 0 Å². The largest absolute Gasteiger partial charge is 0.388 e. The van der Waals surface area contributed by atoms with Gasteiger partial charge in [0, 0.05) is 54.0 Å². The summed E-state index contributed by atoms with van der Waals surface area (Å²) in [5.74, 6) is 3.00. The summed E-state index contributed by atoms with van der Waals surface area (Å²) >= 11 is 1.56. The van der Waals surface area contributed by atoms with Crippen molar-refractivity contribution < 1.29 is 0 Å². The molecular formula is C25H34N8S. The molecular weight excluding hydrogens is 444 g/mol. The second-order valence-electron chi connectivity index (χ2n) is 9.23. The Labute approximate surface area is 205 Å². The molecule has 1 aliphatic carbocycles. The molecule has 1 atom stereocenters. The van der Waals surface area contributed by atoms with Crippen molar-refractivity contribution in [3.8, 4) is 0 Å². The minimum atomic E-state index is 0.462. The highest BCUT2D eigenvalue weighted by molar-refractivity contribution is 7.99. The number of anilines is 4. The van der Waals surface area contributed by atoms with Gasteiger partial charge in [0.1, 0.15) is 11.6 Å². The first-order valence-electron chi connectivity index (χ1n) is 12.3. The van der Waals surface area contributed by atoms with Crippen LogP contribution in [-0.2, 0) is 0 Å². The van der Waals surface area contributed by atoms with E-state index in [1.165, 1.54) is 50.9 Å². The van der Waals surface area contributed by atoms with Crippen molar-refractivity contribution in [2.24, 2.45) is 0 Å². The monoisotopic (exact) mass is 478 g/mol. The average Bonchev–Trinajstić information content (AvgIpc) is 3.62. The second-order valence-corrected chi connectivity index (χ2v) is 10.3. The van der Waals surface area contributed by atoms with E-state index in [1.54, 1.807) is 11.8 Å². The molecule has 9 heteroatoms. The number of H-pyrrole nitrogens is 1. The summed E-state index contributed by atoms with van der Waals surface area (Å²) < 4.78 is 0. The van der Waals surface area contributed by atoms with Crippen LogP contribution in [0.5, 0.6) is 0 Å². The Morgan fingerprint density at radius 1 is 1.03 bits per heavy atom. The maximum Gasteiger partial charge on any atom is 0.196 e. The molecule has 2 fully saturated rings. The topological polar surface area (TPSA) is 93.8 Å². The molecule has 180 valence electrons. The minimum absolute atomic E-state index is 0.462. The SMILES string of the molecule is CNc1ccc(Sc2nc(NCC(C)N3CCCCC3)cc(Nc3cc(C4CC4)[nH]n3)n2)cc1. The van der Waals surface area contributed by atoms with Crippen LogP contribution in [0.15, 0.2) is 46.5 Å². The molecule has 8 nitrogen and oxygen atoms in total. The van der Waals surface area contributed by atoms with Gasteiger partial charge in [-0.15, -0.1) is 0 Å². The smallest absolute Gasteiger partial charge is 0.196 e. The predicted molar refractivity (Wildman–Crippen MR) is 139 cm³/mol. The lowest BCUT2D eigenvalue weighted by molar-refractivity contribution is 0.180. The summed E-state index contributed by atoms with van der Waals surface area (Å²) in [6.07, 6.45) is 6.43. The average molecular weight is 479 g/mol. The molecule has 1 aliphatic heterocycles. The number of nitrogens with zero attached hydrogens (tertiary/aromatic N) is 4. The van der Waals surface area contributed by atoms with Crippen molar-refractivity contribution in [1.29, 1.82) is 0 Å². The van der Waals surface area contributed by atoms with Gasteiger partial charge in [0.15, 0.2) is 11.0 Å². The third-order valence-electron chi connectivity index (χ3n) is 6.52. The fourth-order valence-corrected chi connectivity index (χ4v) is 5.07. The third-order valence-corrected chi connectivity index (χ3v) is 7.39. The van der Waals surface area contributed by atoms with Gasteiger partial charge in [-0.05, 0) is 81.7 Å². The van der Waals surface area contributed by atoms with Crippen LogP contribution < -0.4 is 16.0 Å². The van der Waals surface area contributed by atoms with Gasteiger partial charge in [0.05, 0.1) is 0 Å². The number of benzene rings is 1. The van der Waals surface area contributed by atoms with Gasteiger partial charge >= 0.3 is 0 Å². The highest BCUT2D eigenvalue weighted by Crippen LogP contribution is 2.39. The van der Waals surface area contributed by atoms with E-state index < -0.39 is 0 Å². The Morgan fingerprint density at radius 3 is 2.53 bits per heavy atom. The van der Waals surface area contributed by atoms with Gasteiger partial charge in [0.2, 0.25) is 0 Å². The summed E-state index contributed by atoms with van der Waals surface area (Å²) in [6.45, 7) is 5.52. The quantitative estimate of drug-likeness (QED) is 0.292. The molecule has 34 heavy (non-hydrogen) atoms. The van der Waals surface area contributed by atoms with Gasteiger partial charge in [0.25, 0.3) is 0 Å². The first kappa shape index (κ1) is 23.0. The standard InChI is InChI=1S/C25H34N8S/c1-17(33-12-4-3-5-13-33)16-27-22-15-23(28-24-14-21(31-32-24)18-6-7-18)30-25(29-22)34-20-10-8-19(26-2)9-11-20/h8-11,14-15,17-18,26H,3-7,12-13,16H2,1-2H3,(H3,27,28,29,30,31,32). The number of likely N-dealkylation sites (tertiary alicyclic amines) is 1. The molecule has 2 aliphatic rings. The first-order chi connectivity index (χ1) is 16.7. The maximum absolute atomic E-state index is 4.81. The van der Waals surface area contributed by atoms with Gasteiger partial charge in [-0.2, -0.15) is 5.10 Å². The Kier molecular flexibility index (Phi) is 7.20. The number of nitrogens with one attached hydrogen (secondary N) is 4. The zero-order chi connectivity index (χ0) is 23.3. The van der Waals surface area contributed by atoms with E-state index in [0.29, 0.717) is 17.1 Å². The number of hydrogen-bond acceptors (Lipinski definition) is 8. The van der Waals surface area contributed by atoms with Crippen LogP contribution in [0.4, 0.5) is 23.1 Å². The summed E-state index contributed by atoms with van der Waals surface area (Å²) in [7, 11) is 1.92. The lowest BCUT2D eigenvalue weighted by Gasteiger charge is -2.32. The second kappa shape index (κ2) is 10.7. The van der Waals surface area contributed by atoms with Crippen molar-refractivity contribution in [1.82, 2.24) is 25.1 Å². The zero-order valence-electron chi connectivity index (χ0n) is 20.0. The van der Waals surface area contributed by atoms with E-state index >= 15 is 0 Å². The zero-order valence-corrected chi connectivity index (χ0v) is 20.8. The molecule has 0 radical (unpaired) electrons. The number of aromatic nitrogens is 4. The van der Waals surface area contributed by atoms with E-state index in [4.69, 9.17) is 9.97 Å². The summed E-state index contributed by atoms with van der Waals surface area (Å²) in [4.78, 5) is 13.3. The highest BCUT2D eigenvalue weighted by Gasteiger charge is 2.25. The Bertz CT molecular complexity index is 1070. The Balaban J connectivity index is 1.32. The molecule has 1 saturated heterocycles. The maximum atomic E-state index is 4.81. The summed E-state index contributed by atoms with van der Waals surface area (Å²) in [6, 6.07) is 12.8. The lowest BCUT2D eigenvalue weighted by atomic mass is 10.1. The van der Waals surface area contributed by atoms with Crippen LogP contribution in [0, 0.1) is 0 Å². The van der Waals surface area contributed by atoms with E-state index in [-0.39, 0.29) is 0 Å². The Hall–Kier alpha value is -2.78. The Morgan fingerprint density at radius 2 is 1.79 bits per heavy atom. The number of hydrogen-bond donors (Lipinski definition) is 4. The van der Waals surface area contributed by atoms with Crippen LogP contribution in [0.2, 0.25) is 0 Å². The van der Waals surface area contributed by atoms with Gasteiger partial charge in [-0.1, -0.05) is 6.42 Å². The van der Waals surface area contributed by atoms with Crippen LogP contribution in [0.3, 0.4) is 0 Å². The fraction of sp³-hybridized carbons (Fsp3) is 0.480. The van der Waals surface area contributed by atoms with Crippen LogP contribution in [0.1, 0.15) is 50.6 Å².